The molecule has 0 saturated carbocycles. The van der Waals surface area contributed by atoms with Crippen molar-refractivity contribution in [2.45, 2.75) is 32.9 Å². The first-order chi connectivity index (χ1) is 9.08. The average Bonchev–Trinajstić information content (AvgIpc) is 2.61. The summed E-state index contributed by atoms with van der Waals surface area (Å²) in [5.74, 6) is -0.926. The van der Waals surface area contributed by atoms with E-state index in [2.05, 4.69) is 24.1 Å². The van der Waals surface area contributed by atoms with Crippen LogP contribution in [0.25, 0.3) is 0 Å². The van der Waals surface area contributed by atoms with Crippen molar-refractivity contribution < 1.29 is 8.78 Å². The van der Waals surface area contributed by atoms with Gasteiger partial charge in [-0.15, -0.1) is 0 Å². The van der Waals surface area contributed by atoms with Gasteiger partial charge in [0.15, 0.2) is 11.6 Å². The van der Waals surface area contributed by atoms with Crippen LogP contribution in [-0.2, 0) is 6.54 Å². The predicted octanol–water partition coefficient (Wildman–Crippen LogP) is 2.78. The highest BCUT2D eigenvalue weighted by Crippen LogP contribution is 2.16. The van der Waals surface area contributed by atoms with Crippen LogP contribution in [0.1, 0.15) is 25.8 Å². The third-order valence-corrected chi connectivity index (χ3v) is 3.74. The van der Waals surface area contributed by atoms with Crippen molar-refractivity contribution in [3.8, 4) is 0 Å². The molecule has 0 aliphatic carbocycles. The SMILES string of the molecule is CC(C)C1CN(Cc2cccc(F)c2F)CCCN1. The lowest BCUT2D eigenvalue weighted by molar-refractivity contribution is 0.235. The molecule has 1 atom stereocenters. The second-order valence-corrected chi connectivity index (χ2v) is 5.61. The first-order valence-electron chi connectivity index (χ1n) is 6.96. The predicted molar refractivity (Wildman–Crippen MR) is 72.9 cm³/mol. The molecule has 0 amide bonds. The van der Waals surface area contributed by atoms with Gasteiger partial charge >= 0.3 is 0 Å². The molecule has 0 spiro atoms. The number of rotatable bonds is 3. The largest absolute Gasteiger partial charge is 0.312 e. The quantitative estimate of drug-likeness (QED) is 0.907. The molecule has 1 heterocycles. The summed E-state index contributed by atoms with van der Waals surface area (Å²) in [7, 11) is 0. The van der Waals surface area contributed by atoms with Crippen molar-refractivity contribution in [2.75, 3.05) is 19.6 Å². The molecule has 1 saturated heterocycles. The normalized spacial score (nSPS) is 21.6. The number of nitrogens with zero attached hydrogens (tertiary/aromatic N) is 1. The maximum atomic E-state index is 13.7. The van der Waals surface area contributed by atoms with Crippen molar-refractivity contribution in [1.29, 1.82) is 0 Å². The Kier molecular flexibility index (Phi) is 4.88. The lowest BCUT2D eigenvalue weighted by Gasteiger charge is -2.26. The van der Waals surface area contributed by atoms with Gasteiger partial charge in [-0.2, -0.15) is 0 Å². The van der Waals surface area contributed by atoms with Crippen LogP contribution < -0.4 is 5.32 Å². The smallest absolute Gasteiger partial charge is 0.163 e. The second-order valence-electron chi connectivity index (χ2n) is 5.61. The Morgan fingerprint density at radius 1 is 1.37 bits per heavy atom. The van der Waals surface area contributed by atoms with Gasteiger partial charge in [0.2, 0.25) is 0 Å². The molecule has 1 N–H and O–H groups in total. The van der Waals surface area contributed by atoms with Crippen LogP contribution in [0.2, 0.25) is 0 Å². The number of hydrogen-bond acceptors (Lipinski definition) is 2. The van der Waals surface area contributed by atoms with E-state index in [1.54, 1.807) is 12.1 Å². The van der Waals surface area contributed by atoms with E-state index >= 15 is 0 Å². The molecule has 2 rings (SSSR count). The lowest BCUT2D eigenvalue weighted by Crippen LogP contribution is -2.41. The Labute approximate surface area is 113 Å². The van der Waals surface area contributed by atoms with E-state index in [1.807, 2.05) is 0 Å². The van der Waals surface area contributed by atoms with E-state index < -0.39 is 11.6 Å². The zero-order chi connectivity index (χ0) is 13.8. The van der Waals surface area contributed by atoms with E-state index in [9.17, 15) is 8.78 Å². The third-order valence-electron chi connectivity index (χ3n) is 3.74. The Morgan fingerprint density at radius 3 is 2.89 bits per heavy atom. The lowest BCUT2D eigenvalue weighted by atomic mass is 10.0. The standard InChI is InChI=1S/C15H22F2N2/c1-11(2)14-10-19(8-4-7-18-14)9-12-5-3-6-13(16)15(12)17/h3,5-6,11,14,18H,4,7-10H2,1-2H3. The van der Waals surface area contributed by atoms with Crippen molar-refractivity contribution in [1.82, 2.24) is 10.2 Å². The van der Waals surface area contributed by atoms with Crippen molar-refractivity contribution in [3.05, 3.63) is 35.4 Å². The number of benzene rings is 1. The fraction of sp³-hybridized carbons (Fsp3) is 0.600. The number of halogens is 2. The molecule has 0 aromatic heterocycles. The molecule has 1 aromatic carbocycles. The highest BCUT2D eigenvalue weighted by molar-refractivity contribution is 5.18. The van der Waals surface area contributed by atoms with E-state index in [0.717, 1.165) is 26.1 Å². The van der Waals surface area contributed by atoms with Crippen LogP contribution in [0, 0.1) is 17.6 Å². The molecular formula is C15H22F2N2. The highest BCUT2D eigenvalue weighted by atomic mass is 19.2. The van der Waals surface area contributed by atoms with Gasteiger partial charge in [-0.05, 0) is 31.5 Å². The van der Waals surface area contributed by atoms with Gasteiger partial charge in [-0.25, -0.2) is 8.78 Å². The molecule has 1 aliphatic rings. The van der Waals surface area contributed by atoms with Gasteiger partial charge < -0.3 is 5.32 Å². The van der Waals surface area contributed by atoms with Gasteiger partial charge in [0, 0.05) is 24.7 Å². The summed E-state index contributed by atoms with van der Waals surface area (Å²) in [4.78, 5) is 2.21. The van der Waals surface area contributed by atoms with Crippen LogP contribution in [0.15, 0.2) is 18.2 Å². The minimum absolute atomic E-state index is 0.416. The Hall–Kier alpha value is -1.00. The molecule has 2 nitrogen and oxygen atoms in total. The average molecular weight is 268 g/mol. The van der Waals surface area contributed by atoms with E-state index in [-0.39, 0.29) is 0 Å². The van der Waals surface area contributed by atoms with E-state index in [1.165, 1.54) is 6.07 Å². The Balaban J connectivity index is 2.06. The summed E-state index contributed by atoms with van der Waals surface area (Å²) in [6, 6.07) is 4.82. The van der Waals surface area contributed by atoms with Crippen LogP contribution >= 0.6 is 0 Å². The number of nitrogens with one attached hydrogen (secondary N) is 1. The Morgan fingerprint density at radius 2 is 2.16 bits per heavy atom. The summed E-state index contributed by atoms with van der Waals surface area (Å²) in [6.45, 7) is 7.65. The molecular weight excluding hydrogens is 246 g/mol. The summed E-state index contributed by atoms with van der Waals surface area (Å²) >= 11 is 0. The molecule has 1 unspecified atom stereocenters. The highest BCUT2D eigenvalue weighted by Gasteiger charge is 2.21. The van der Waals surface area contributed by atoms with Crippen LogP contribution in [-0.4, -0.2) is 30.6 Å². The fourth-order valence-corrected chi connectivity index (χ4v) is 2.53. The monoisotopic (exact) mass is 268 g/mol. The minimum atomic E-state index is -0.758. The third kappa shape index (κ3) is 3.74. The molecule has 4 heteroatoms. The first-order valence-corrected chi connectivity index (χ1v) is 6.96. The number of hydrogen-bond donors (Lipinski definition) is 1. The molecule has 1 fully saturated rings. The summed E-state index contributed by atoms with van der Waals surface area (Å²) in [5.41, 5.74) is 0.449. The minimum Gasteiger partial charge on any atom is -0.312 e. The van der Waals surface area contributed by atoms with Gasteiger partial charge in [-0.1, -0.05) is 26.0 Å². The maximum Gasteiger partial charge on any atom is 0.163 e. The molecule has 1 aromatic rings. The van der Waals surface area contributed by atoms with Crippen molar-refractivity contribution in [3.63, 3.8) is 0 Å². The van der Waals surface area contributed by atoms with Gasteiger partial charge in [-0.3, -0.25) is 4.90 Å². The van der Waals surface area contributed by atoms with E-state index in [0.29, 0.717) is 24.1 Å². The van der Waals surface area contributed by atoms with Gasteiger partial charge in [0.1, 0.15) is 0 Å². The molecule has 19 heavy (non-hydrogen) atoms. The second kappa shape index (κ2) is 6.44. The molecule has 0 bridgehead atoms. The van der Waals surface area contributed by atoms with Crippen molar-refractivity contribution in [2.24, 2.45) is 5.92 Å². The molecule has 1 aliphatic heterocycles. The first kappa shape index (κ1) is 14.4. The maximum absolute atomic E-state index is 13.7. The van der Waals surface area contributed by atoms with E-state index in [4.69, 9.17) is 0 Å². The summed E-state index contributed by atoms with van der Waals surface area (Å²) in [5, 5.41) is 3.51. The summed E-state index contributed by atoms with van der Waals surface area (Å²) in [6.07, 6.45) is 1.04. The van der Waals surface area contributed by atoms with Gasteiger partial charge in [0.05, 0.1) is 0 Å². The van der Waals surface area contributed by atoms with Crippen LogP contribution in [0.3, 0.4) is 0 Å². The van der Waals surface area contributed by atoms with Crippen LogP contribution in [0.5, 0.6) is 0 Å². The molecule has 0 radical (unpaired) electrons. The van der Waals surface area contributed by atoms with Crippen molar-refractivity contribution >= 4 is 0 Å². The zero-order valence-electron chi connectivity index (χ0n) is 11.6. The van der Waals surface area contributed by atoms with Gasteiger partial charge in [0.25, 0.3) is 0 Å². The fourth-order valence-electron chi connectivity index (χ4n) is 2.53. The zero-order valence-corrected chi connectivity index (χ0v) is 11.6. The topological polar surface area (TPSA) is 15.3 Å². The summed E-state index contributed by atoms with van der Waals surface area (Å²) < 4.78 is 26.9. The Bertz CT molecular complexity index is 421. The van der Waals surface area contributed by atoms with Crippen LogP contribution in [0.4, 0.5) is 8.78 Å². The molecule has 106 valence electrons.